The highest BCUT2D eigenvalue weighted by atomic mass is 16.5. The molecule has 0 spiro atoms. The van der Waals surface area contributed by atoms with Crippen LogP contribution in [-0.4, -0.2) is 12.5 Å². The maximum atomic E-state index is 12.8. The Morgan fingerprint density at radius 2 is 1.83 bits per heavy atom. The summed E-state index contributed by atoms with van der Waals surface area (Å²) in [5.41, 5.74) is 1.77. The molecular formula is C25H24N2O2. The predicted octanol–water partition coefficient (Wildman–Crippen LogP) is 5.41. The summed E-state index contributed by atoms with van der Waals surface area (Å²) in [6, 6.07) is 23.3. The molecule has 0 radical (unpaired) electrons. The van der Waals surface area contributed by atoms with Crippen LogP contribution in [0.5, 0.6) is 5.75 Å². The first-order valence-electron chi connectivity index (χ1n) is 9.76. The molecule has 0 aliphatic rings. The van der Waals surface area contributed by atoms with Crippen molar-refractivity contribution in [2.45, 2.75) is 26.3 Å². The van der Waals surface area contributed by atoms with E-state index in [0.717, 1.165) is 28.3 Å². The Balaban J connectivity index is 1.96. The molecular weight excluding hydrogens is 360 g/mol. The SMILES string of the molecule is CCCOc1ccc2ccccc2c1/C=C(\C#N)C(=O)N[C@H](C)c1ccccc1. The van der Waals surface area contributed by atoms with Crippen molar-refractivity contribution in [2.24, 2.45) is 0 Å². The highest BCUT2D eigenvalue weighted by molar-refractivity contribution is 6.05. The average molecular weight is 384 g/mol. The third-order valence-corrected chi connectivity index (χ3v) is 4.69. The van der Waals surface area contributed by atoms with Crippen LogP contribution < -0.4 is 10.1 Å². The summed E-state index contributed by atoms with van der Waals surface area (Å²) in [7, 11) is 0. The molecule has 29 heavy (non-hydrogen) atoms. The molecule has 0 unspecified atom stereocenters. The van der Waals surface area contributed by atoms with Crippen molar-refractivity contribution in [1.29, 1.82) is 5.26 Å². The first-order chi connectivity index (χ1) is 14.1. The topological polar surface area (TPSA) is 62.1 Å². The minimum atomic E-state index is -0.404. The molecule has 3 aromatic rings. The van der Waals surface area contributed by atoms with Crippen molar-refractivity contribution in [1.82, 2.24) is 5.32 Å². The molecule has 1 amide bonds. The van der Waals surface area contributed by atoms with Gasteiger partial charge < -0.3 is 10.1 Å². The van der Waals surface area contributed by atoms with E-state index in [4.69, 9.17) is 4.74 Å². The van der Waals surface area contributed by atoms with Gasteiger partial charge in [0, 0.05) is 5.56 Å². The lowest BCUT2D eigenvalue weighted by Crippen LogP contribution is -2.27. The van der Waals surface area contributed by atoms with E-state index in [2.05, 4.69) is 5.32 Å². The Labute approximate surface area is 171 Å². The summed E-state index contributed by atoms with van der Waals surface area (Å²) in [5, 5.41) is 14.5. The molecule has 0 heterocycles. The van der Waals surface area contributed by atoms with Gasteiger partial charge in [-0.05, 0) is 41.8 Å². The Morgan fingerprint density at radius 1 is 1.10 bits per heavy atom. The minimum absolute atomic E-state index is 0.0467. The van der Waals surface area contributed by atoms with E-state index in [1.165, 1.54) is 0 Å². The fourth-order valence-corrected chi connectivity index (χ4v) is 3.15. The molecule has 0 aliphatic carbocycles. The summed E-state index contributed by atoms with van der Waals surface area (Å²) < 4.78 is 5.88. The largest absolute Gasteiger partial charge is 0.493 e. The number of nitriles is 1. The van der Waals surface area contributed by atoms with Gasteiger partial charge in [-0.15, -0.1) is 0 Å². The molecule has 3 aromatic carbocycles. The first-order valence-corrected chi connectivity index (χ1v) is 9.76. The number of carbonyl (C=O) groups is 1. The highest BCUT2D eigenvalue weighted by Gasteiger charge is 2.16. The van der Waals surface area contributed by atoms with Crippen LogP contribution in [-0.2, 0) is 4.79 Å². The zero-order valence-electron chi connectivity index (χ0n) is 16.7. The first kappa shape index (κ1) is 20.2. The second-order valence-corrected chi connectivity index (χ2v) is 6.82. The van der Waals surface area contributed by atoms with Gasteiger partial charge in [0.25, 0.3) is 5.91 Å². The fraction of sp³-hybridized carbons (Fsp3) is 0.200. The van der Waals surface area contributed by atoms with E-state index in [0.29, 0.717) is 12.4 Å². The second kappa shape index (κ2) is 9.57. The van der Waals surface area contributed by atoms with Crippen molar-refractivity contribution in [3.8, 4) is 11.8 Å². The van der Waals surface area contributed by atoms with Crippen LogP contribution in [0.2, 0.25) is 0 Å². The summed E-state index contributed by atoms with van der Waals surface area (Å²) in [5.74, 6) is 0.264. The van der Waals surface area contributed by atoms with Gasteiger partial charge in [0.1, 0.15) is 17.4 Å². The minimum Gasteiger partial charge on any atom is -0.493 e. The number of amides is 1. The van der Waals surface area contributed by atoms with Gasteiger partial charge >= 0.3 is 0 Å². The van der Waals surface area contributed by atoms with Gasteiger partial charge in [-0.3, -0.25) is 4.79 Å². The fourth-order valence-electron chi connectivity index (χ4n) is 3.15. The molecule has 0 bridgehead atoms. The molecule has 0 aliphatic heterocycles. The molecule has 4 heteroatoms. The number of nitrogens with zero attached hydrogens (tertiary/aromatic N) is 1. The Hall–Kier alpha value is -3.58. The summed E-state index contributed by atoms with van der Waals surface area (Å²) in [6.07, 6.45) is 2.50. The van der Waals surface area contributed by atoms with Crippen LogP contribution in [0.1, 0.15) is 37.4 Å². The van der Waals surface area contributed by atoms with Crippen molar-refractivity contribution in [3.63, 3.8) is 0 Å². The van der Waals surface area contributed by atoms with Crippen molar-refractivity contribution in [2.75, 3.05) is 6.61 Å². The van der Waals surface area contributed by atoms with Gasteiger partial charge in [0.05, 0.1) is 12.6 Å². The predicted molar refractivity (Wildman–Crippen MR) is 116 cm³/mol. The van der Waals surface area contributed by atoms with Crippen LogP contribution in [0.3, 0.4) is 0 Å². The number of fused-ring (bicyclic) bond motifs is 1. The maximum Gasteiger partial charge on any atom is 0.262 e. The zero-order chi connectivity index (χ0) is 20.6. The van der Waals surface area contributed by atoms with E-state index in [-0.39, 0.29) is 11.6 Å². The summed E-state index contributed by atoms with van der Waals surface area (Å²) >= 11 is 0. The molecule has 0 saturated heterocycles. The number of benzene rings is 3. The van der Waals surface area contributed by atoms with Crippen molar-refractivity contribution >= 4 is 22.8 Å². The van der Waals surface area contributed by atoms with E-state index in [9.17, 15) is 10.1 Å². The van der Waals surface area contributed by atoms with E-state index < -0.39 is 5.91 Å². The highest BCUT2D eigenvalue weighted by Crippen LogP contribution is 2.30. The van der Waals surface area contributed by atoms with Crippen molar-refractivity contribution < 1.29 is 9.53 Å². The number of rotatable bonds is 7. The number of carbonyl (C=O) groups excluding carboxylic acids is 1. The van der Waals surface area contributed by atoms with Gasteiger partial charge in [-0.25, -0.2) is 0 Å². The van der Waals surface area contributed by atoms with Gasteiger partial charge in [-0.1, -0.05) is 67.6 Å². The van der Waals surface area contributed by atoms with Crippen LogP contribution in [0.25, 0.3) is 16.8 Å². The third kappa shape index (κ3) is 4.83. The quantitative estimate of drug-likeness (QED) is 0.437. The van der Waals surface area contributed by atoms with E-state index >= 15 is 0 Å². The number of hydrogen-bond donors (Lipinski definition) is 1. The summed E-state index contributed by atoms with van der Waals surface area (Å²) in [4.78, 5) is 12.8. The molecule has 0 saturated carbocycles. The molecule has 0 fully saturated rings. The molecule has 4 nitrogen and oxygen atoms in total. The van der Waals surface area contributed by atoms with Gasteiger partial charge in [-0.2, -0.15) is 5.26 Å². The smallest absolute Gasteiger partial charge is 0.262 e. The molecule has 0 aromatic heterocycles. The van der Waals surface area contributed by atoms with E-state index in [1.54, 1.807) is 6.08 Å². The molecule has 1 atom stereocenters. The lowest BCUT2D eigenvalue weighted by Gasteiger charge is -2.15. The second-order valence-electron chi connectivity index (χ2n) is 6.82. The zero-order valence-corrected chi connectivity index (χ0v) is 16.7. The Kier molecular flexibility index (Phi) is 6.65. The maximum absolute atomic E-state index is 12.8. The van der Waals surface area contributed by atoms with Crippen LogP contribution in [0, 0.1) is 11.3 Å². The van der Waals surface area contributed by atoms with Gasteiger partial charge in [0.2, 0.25) is 0 Å². The van der Waals surface area contributed by atoms with Crippen LogP contribution in [0.15, 0.2) is 72.3 Å². The monoisotopic (exact) mass is 384 g/mol. The Morgan fingerprint density at radius 3 is 2.55 bits per heavy atom. The van der Waals surface area contributed by atoms with Crippen molar-refractivity contribution in [3.05, 3.63) is 83.4 Å². The lowest BCUT2D eigenvalue weighted by atomic mass is 10.0. The van der Waals surface area contributed by atoms with Crippen LogP contribution >= 0.6 is 0 Å². The van der Waals surface area contributed by atoms with Crippen LogP contribution in [0.4, 0.5) is 0 Å². The normalized spacial score (nSPS) is 12.2. The number of nitrogens with one attached hydrogen (secondary N) is 1. The van der Waals surface area contributed by atoms with Gasteiger partial charge in [0.15, 0.2) is 0 Å². The summed E-state index contributed by atoms with van der Waals surface area (Å²) in [6.45, 7) is 4.50. The standard InChI is InChI=1S/C25H24N2O2/c1-3-15-29-24-14-13-20-11-7-8-12-22(20)23(24)16-21(17-26)25(28)27-18(2)19-9-5-4-6-10-19/h4-14,16,18H,3,15H2,1-2H3,(H,27,28)/b21-16+/t18-/m1/s1. The molecule has 146 valence electrons. The molecule has 3 rings (SSSR count). The molecule has 1 N–H and O–H groups in total. The number of hydrogen-bond acceptors (Lipinski definition) is 3. The average Bonchev–Trinajstić information content (AvgIpc) is 2.76. The van der Waals surface area contributed by atoms with E-state index in [1.807, 2.05) is 86.6 Å². The Bertz CT molecular complexity index is 1070. The third-order valence-electron chi connectivity index (χ3n) is 4.69. The lowest BCUT2D eigenvalue weighted by molar-refractivity contribution is -0.117. The number of ether oxygens (including phenoxy) is 1.